The van der Waals surface area contributed by atoms with Gasteiger partial charge in [0.05, 0.1) is 12.2 Å². The van der Waals surface area contributed by atoms with Crippen LogP contribution in [0.1, 0.15) is 59.2 Å². The van der Waals surface area contributed by atoms with E-state index >= 15 is 0 Å². The minimum Gasteiger partial charge on any atom is -0.493 e. The lowest BCUT2D eigenvalue weighted by molar-refractivity contribution is -0.130. The largest absolute Gasteiger partial charge is 0.493 e. The third-order valence-corrected chi connectivity index (χ3v) is 8.87. The van der Waals surface area contributed by atoms with E-state index in [-0.39, 0.29) is 22.6 Å². The zero-order valence-electron chi connectivity index (χ0n) is 30.6. The molecule has 0 N–H and O–H groups in total. The SMILES string of the molecule is C=C(C)C(=O)Oc1ccc(C(=O)Oc2ccc(OC(=O)/C=C/c3ccc(-c4ccc(-c5ccc(OCCCOC)c(C6CC6)c5)cc4)cc3)c(C)c2)cc1. The number of ether oxygens (including phenoxy) is 5. The second-order valence-corrected chi connectivity index (χ2v) is 13.2. The van der Waals surface area contributed by atoms with Crippen LogP contribution in [0, 0.1) is 6.92 Å². The summed E-state index contributed by atoms with van der Waals surface area (Å²) < 4.78 is 27.4. The number of carbonyl (C=O) groups is 3. The van der Waals surface area contributed by atoms with E-state index < -0.39 is 17.9 Å². The molecular weight excluding hydrogens is 680 g/mol. The maximum Gasteiger partial charge on any atom is 0.343 e. The van der Waals surface area contributed by atoms with Crippen LogP contribution in [0.5, 0.6) is 23.0 Å². The molecule has 1 aliphatic carbocycles. The van der Waals surface area contributed by atoms with Crippen molar-refractivity contribution >= 4 is 24.0 Å². The average Bonchev–Trinajstić information content (AvgIpc) is 4.03. The normalized spacial score (nSPS) is 12.3. The Morgan fingerprint density at radius 3 is 1.94 bits per heavy atom. The molecule has 8 heteroatoms. The first-order valence-corrected chi connectivity index (χ1v) is 17.8. The maximum atomic E-state index is 12.7. The van der Waals surface area contributed by atoms with Crippen LogP contribution in [-0.2, 0) is 14.3 Å². The summed E-state index contributed by atoms with van der Waals surface area (Å²) >= 11 is 0. The first-order valence-electron chi connectivity index (χ1n) is 17.8. The van der Waals surface area contributed by atoms with Crippen molar-refractivity contribution in [2.24, 2.45) is 0 Å². The van der Waals surface area contributed by atoms with Crippen LogP contribution < -0.4 is 18.9 Å². The van der Waals surface area contributed by atoms with Crippen LogP contribution in [0.3, 0.4) is 0 Å². The Labute approximate surface area is 315 Å². The Hall–Kier alpha value is -6.25. The number of rotatable bonds is 15. The van der Waals surface area contributed by atoms with Crippen LogP contribution in [0.15, 0.2) is 127 Å². The summed E-state index contributed by atoms with van der Waals surface area (Å²) in [7, 11) is 1.71. The predicted molar refractivity (Wildman–Crippen MR) is 209 cm³/mol. The molecule has 274 valence electrons. The van der Waals surface area contributed by atoms with Gasteiger partial charge >= 0.3 is 17.9 Å². The molecule has 0 radical (unpaired) electrons. The molecule has 0 aromatic heterocycles. The fourth-order valence-electron chi connectivity index (χ4n) is 5.73. The topological polar surface area (TPSA) is 97.4 Å². The Morgan fingerprint density at radius 1 is 0.704 bits per heavy atom. The molecule has 0 bridgehead atoms. The maximum absolute atomic E-state index is 12.7. The molecule has 0 unspecified atom stereocenters. The van der Waals surface area contributed by atoms with Gasteiger partial charge in [0.2, 0.25) is 0 Å². The molecule has 0 aliphatic heterocycles. The molecule has 6 rings (SSSR count). The Kier molecular flexibility index (Phi) is 12.2. The summed E-state index contributed by atoms with van der Waals surface area (Å²) in [5.41, 5.74) is 7.80. The third kappa shape index (κ3) is 9.99. The van der Waals surface area contributed by atoms with Crippen molar-refractivity contribution in [2.45, 2.75) is 39.0 Å². The van der Waals surface area contributed by atoms with Crippen LogP contribution in [-0.4, -0.2) is 38.2 Å². The molecule has 0 saturated heterocycles. The number of esters is 3. The molecular formula is C46H42O8. The molecule has 54 heavy (non-hydrogen) atoms. The number of aryl methyl sites for hydroxylation is 1. The van der Waals surface area contributed by atoms with Crippen molar-refractivity contribution in [3.8, 4) is 45.3 Å². The van der Waals surface area contributed by atoms with Gasteiger partial charge in [-0.05, 0) is 132 Å². The van der Waals surface area contributed by atoms with Gasteiger partial charge in [-0.25, -0.2) is 14.4 Å². The minimum absolute atomic E-state index is 0.268. The summed E-state index contributed by atoms with van der Waals surface area (Å²) in [5, 5.41) is 0. The van der Waals surface area contributed by atoms with Crippen molar-refractivity contribution in [1.29, 1.82) is 0 Å². The second kappa shape index (κ2) is 17.5. The van der Waals surface area contributed by atoms with Crippen molar-refractivity contribution in [2.75, 3.05) is 20.3 Å². The smallest absolute Gasteiger partial charge is 0.343 e. The molecule has 5 aromatic carbocycles. The van der Waals surface area contributed by atoms with Crippen molar-refractivity contribution in [1.82, 2.24) is 0 Å². The molecule has 0 atom stereocenters. The Bertz CT molecular complexity index is 2160. The van der Waals surface area contributed by atoms with Crippen LogP contribution >= 0.6 is 0 Å². The summed E-state index contributed by atoms with van der Waals surface area (Å²) in [6.45, 7) is 8.19. The molecule has 0 heterocycles. The van der Waals surface area contributed by atoms with Gasteiger partial charge in [0.1, 0.15) is 23.0 Å². The van der Waals surface area contributed by atoms with Gasteiger partial charge in [-0.2, -0.15) is 0 Å². The van der Waals surface area contributed by atoms with E-state index in [9.17, 15) is 14.4 Å². The van der Waals surface area contributed by atoms with Gasteiger partial charge in [-0.15, -0.1) is 0 Å². The molecule has 0 amide bonds. The molecule has 1 aliphatic rings. The number of hydrogen-bond acceptors (Lipinski definition) is 8. The number of methoxy groups -OCH3 is 1. The standard InChI is InChI=1S/C46H42O8/c1-30(2)45(48)52-39-20-17-37(18-21-39)46(49)53-40-22-24-42(31(3)28-40)54-44(47)25-8-32-6-9-33(10-7-32)34-11-13-35(14-12-34)38-19-23-43(51-27-5-26-50-4)41(29-38)36-15-16-36/h6-14,17-25,28-29,36H,1,5,15-16,26-27H2,2-4H3/b25-8+. The minimum atomic E-state index is -0.591. The lowest BCUT2D eigenvalue weighted by atomic mass is 9.97. The molecule has 0 spiro atoms. The molecule has 5 aromatic rings. The highest BCUT2D eigenvalue weighted by Gasteiger charge is 2.27. The van der Waals surface area contributed by atoms with E-state index in [1.807, 2.05) is 24.3 Å². The lowest BCUT2D eigenvalue weighted by Gasteiger charge is -2.13. The summed E-state index contributed by atoms with van der Waals surface area (Å²) in [5.74, 6) is 0.799. The van der Waals surface area contributed by atoms with E-state index in [1.165, 1.54) is 54.3 Å². The Morgan fingerprint density at radius 2 is 1.31 bits per heavy atom. The first-order chi connectivity index (χ1) is 26.2. The second-order valence-electron chi connectivity index (χ2n) is 13.2. The number of benzene rings is 5. The first kappa shape index (κ1) is 37.5. The van der Waals surface area contributed by atoms with Gasteiger partial charge in [-0.1, -0.05) is 61.2 Å². The van der Waals surface area contributed by atoms with Crippen molar-refractivity contribution < 1.29 is 38.1 Å². The number of carbonyl (C=O) groups excluding carboxylic acids is 3. The van der Waals surface area contributed by atoms with Gasteiger partial charge in [0, 0.05) is 31.8 Å². The van der Waals surface area contributed by atoms with Gasteiger partial charge < -0.3 is 23.7 Å². The highest BCUT2D eigenvalue weighted by Crippen LogP contribution is 2.45. The van der Waals surface area contributed by atoms with E-state index in [0.717, 1.165) is 34.4 Å². The van der Waals surface area contributed by atoms with Gasteiger partial charge in [-0.3, -0.25) is 0 Å². The third-order valence-electron chi connectivity index (χ3n) is 8.87. The van der Waals surface area contributed by atoms with Crippen LogP contribution in [0.4, 0.5) is 0 Å². The summed E-state index contributed by atoms with van der Waals surface area (Å²) in [6, 6.07) is 33.7. The molecule has 8 nitrogen and oxygen atoms in total. The average molecular weight is 723 g/mol. The van der Waals surface area contributed by atoms with Gasteiger partial charge in [0.25, 0.3) is 0 Å². The number of hydrogen-bond donors (Lipinski definition) is 0. The van der Waals surface area contributed by atoms with E-state index in [2.05, 4.69) is 49.0 Å². The zero-order chi connectivity index (χ0) is 38.0. The quantitative estimate of drug-likeness (QED) is 0.0456. The van der Waals surface area contributed by atoms with Gasteiger partial charge in [0.15, 0.2) is 0 Å². The van der Waals surface area contributed by atoms with E-state index in [0.29, 0.717) is 30.4 Å². The van der Waals surface area contributed by atoms with Crippen molar-refractivity contribution in [3.63, 3.8) is 0 Å². The lowest BCUT2D eigenvalue weighted by Crippen LogP contribution is -2.10. The molecule has 1 saturated carbocycles. The zero-order valence-corrected chi connectivity index (χ0v) is 30.6. The summed E-state index contributed by atoms with van der Waals surface area (Å²) in [4.78, 5) is 37.0. The van der Waals surface area contributed by atoms with E-state index in [4.69, 9.17) is 23.7 Å². The predicted octanol–water partition coefficient (Wildman–Crippen LogP) is 9.94. The monoisotopic (exact) mass is 722 g/mol. The van der Waals surface area contributed by atoms with Crippen LogP contribution in [0.2, 0.25) is 0 Å². The van der Waals surface area contributed by atoms with Crippen molar-refractivity contribution in [3.05, 3.63) is 150 Å². The highest BCUT2D eigenvalue weighted by atomic mass is 16.5. The fourth-order valence-corrected chi connectivity index (χ4v) is 5.73. The van der Waals surface area contributed by atoms with E-state index in [1.54, 1.807) is 45.2 Å². The molecule has 1 fully saturated rings. The van der Waals surface area contributed by atoms with Crippen LogP contribution in [0.25, 0.3) is 28.3 Å². The Balaban J connectivity index is 1.01. The fraction of sp³-hybridized carbons (Fsp3) is 0.196. The highest BCUT2D eigenvalue weighted by molar-refractivity contribution is 5.92. The summed E-state index contributed by atoms with van der Waals surface area (Å²) in [6.07, 6.45) is 6.35.